The van der Waals surface area contributed by atoms with Gasteiger partial charge in [0.1, 0.15) is 0 Å². The van der Waals surface area contributed by atoms with Crippen LogP contribution in [0.4, 0.5) is 0 Å². The first kappa shape index (κ1) is 16.1. The molecule has 0 saturated heterocycles. The maximum absolute atomic E-state index is 5.33. The van der Waals surface area contributed by atoms with Crippen molar-refractivity contribution in [2.45, 2.75) is 31.7 Å². The maximum Gasteiger partial charge on any atom is 0.187 e. The Hall–Kier alpha value is -1.82. The fourth-order valence-corrected chi connectivity index (χ4v) is 3.92. The molecule has 2 N–H and O–H groups in total. The number of rotatable bonds is 5. The van der Waals surface area contributed by atoms with E-state index in [1.54, 1.807) is 20.4 Å². The lowest BCUT2D eigenvalue weighted by molar-refractivity contribution is 0.355. The molecule has 2 aliphatic rings. The van der Waals surface area contributed by atoms with Gasteiger partial charge < -0.3 is 14.8 Å². The number of nitrogens with one attached hydrogen (secondary N) is 2. The number of methoxy groups -OCH3 is 2. The largest absolute Gasteiger partial charge is 0.493 e. The Morgan fingerprint density at radius 2 is 2.04 bits per heavy atom. The van der Waals surface area contributed by atoms with E-state index >= 15 is 0 Å². The summed E-state index contributed by atoms with van der Waals surface area (Å²) >= 11 is 5.33. The summed E-state index contributed by atoms with van der Waals surface area (Å²) in [6, 6.07) is 6.16. The van der Waals surface area contributed by atoms with Gasteiger partial charge in [-0.05, 0) is 67.1 Å². The average Bonchev–Trinajstić information content (AvgIpc) is 3.17. The summed E-state index contributed by atoms with van der Waals surface area (Å²) in [6.07, 6.45) is 7.04. The van der Waals surface area contributed by atoms with Gasteiger partial charge in [-0.3, -0.25) is 5.43 Å². The minimum atomic E-state index is 0.519. The number of hydrogen-bond acceptors (Lipinski definition) is 4. The Kier molecular flexibility index (Phi) is 5.00. The van der Waals surface area contributed by atoms with Crippen LogP contribution in [0.25, 0.3) is 0 Å². The fraction of sp³-hybridized carbons (Fsp3) is 0.529. The minimum absolute atomic E-state index is 0.519. The molecule has 0 spiro atoms. The average molecular weight is 333 g/mol. The van der Waals surface area contributed by atoms with Crippen LogP contribution in [0.15, 0.2) is 23.3 Å². The molecule has 0 radical (unpaired) electrons. The van der Waals surface area contributed by atoms with Crippen molar-refractivity contribution in [3.8, 4) is 11.5 Å². The lowest BCUT2D eigenvalue weighted by atomic mass is 9.96. The molecule has 2 fully saturated rings. The van der Waals surface area contributed by atoms with Crippen LogP contribution >= 0.6 is 12.2 Å². The van der Waals surface area contributed by atoms with Gasteiger partial charge in [0.2, 0.25) is 0 Å². The van der Waals surface area contributed by atoms with Gasteiger partial charge in [0.25, 0.3) is 0 Å². The number of ether oxygens (including phenoxy) is 2. The molecular weight excluding hydrogens is 310 g/mol. The SMILES string of the molecule is COc1ccc(/C=N\NC(=S)N[C@@H]2C[C@H]3CC[C@@H]2C3)cc1OC. The van der Waals surface area contributed by atoms with Gasteiger partial charge in [-0.2, -0.15) is 5.10 Å². The third-order valence-electron chi connectivity index (χ3n) is 4.84. The smallest absolute Gasteiger partial charge is 0.187 e. The van der Waals surface area contributed by atoms with Crippen molar-refractivity contribution in [2.24, 2.45) is 16.9 Å². The first-order chi connectivity index (χ1) is 11.2. The molecule has 0 heterocycles. The van der Waals surface area contributed by atoms with E-state index in [1.807, 2.05) is 18.2 Å². The maximum atomic E-state index is 5.33. The van der Waals surface area contributed by atoms with Crippen molar-refractivity contribution in [2.75, 3.05) is 14.2 Å². The summed E-state index contributed by atoms with van der Waals surface area (Å²) < 4.78 is 10.5. The van der Waals surface area contributed by atoms with Crippen LogP contribution < -0.4 is 20.2 Å². The zero-order valence-electron chi connectivity index (χ0n) is 13.5. The highest BCUT2D eigenvalue weighted by Gasteiger charge is 2.39. The van der Waals surface area contributed by atoms with E-state index in [4.69, 9.17) is 21.7 Å². The first-order valence-corrected chi connectivity index (χ1v) is 8.42. The second-order valence-electron chi connectivity index (χ2n) is 6.24. The molecule has 3 rings (SSSR count). The van der Waals surface area contributed by atoms with Crippen molar-refractivity contribution in [1.82, 2.24) is 10.7 Å². The third kappa shape index (κ3) is 3.75. The lowest BCUT2D eigenvalue weighted by Gasteiger charge is -2.23. The van der Waals surface area contributed by atoms with E-state index in [1.165, 1.54) is 25.7 Å². The molecule has 1 aromatic carbocycles. The molecule has 2 saturated carbocycles. The van der Waals surface area contributed by atoms with E-state index in [2.05, 4.69) is 15.8 Å². The second-order valence-corrected chi connectivity index (χ2v) is 6.65. The highest BCUT2D eigenvalue weighted by Crippen LogP contribution is 2.44. The Bertz CT molecular complexity index is 606. The zero-order chi connectivity index (χ0) is 16.2. The summed E-state index contributed by atoms with van der Waals surface area (Å²) in [5.41, 5.74) is 3.82. The monoisotopic (exact) mass is 333 g/mol. The van der Waals surface area contributed by atoms with Crippen LogP contribution in [0.5, 0.6) is 11.5 Å². The number of nitrogens with zero attached hydrogens (tertiary/aromatic N) is 1. The summed E-state index contributed by atoms with van der Waals surface area (Å²) in [4.78, 5) is 0. The fourth-order valence-electron chi connectivity index (χ4n) is 3.72. The number of thiocarbonyl (C=S) groups is 1. The van der Waals surface area contributed by atoms with Gasteiger partial charge >= 0.3 is 0 Å². The van der Waals surface area contributed by atoms with Gasteiger partial charge in [-0.25, -0.2) is 0 Å². The van der Waals surface area contributed by atoms with E-state index < -0.39 is 0 Å². The van der Waals surface area contributed by atoms with Crippen molar-refractivity contribution in [1.29, 1.82) is 0 Å². The second kappa shape index (κ2) is 7.17. The van der Waals surface area contributed by atoms with E-state index in [0.717, 1.165) is 17.4 Å². The van der Waals surface area contributed by atoms with Crippen molar-refractivity contribution in [3.05, 3.63) is 23.8 Å². The van der Waals surface area contributed by atoms with E-state index in [-0.39, 0.29) is 0 Å². The number of hydrazone groups is 1. The molecule has 1 aromatic rings. The van der Waals surface area contributed by atoms with Crippen LogP contribution in [0, 0.1) is 11.8 Å². The van der Waals surface area contributed by atoms with Crippen LogP contribution in [0.3, 0.4) is 0 Å². The molecule has 23 heavy (non-hydrogen) atoms. The summed E-state index contributed by atoms with van der Waals surface area (Å²) in [5.74, 6) is 3.07. The molecule has 124 valence electrons. The quantitative estimate of drug-likeness (QED) is 0.493. The Labute approximate surface area is 142 Å². The van der Waals surface area contributed by atoms with Crippen LogP contribution in [0.1, 0.15) is 31.2 Å². The number of fused-ring (bicyclic) bond motifs is 2. The zero-order valence-corrected chi connectivity index (χ0v) is 14.4. The molecule has 3 atom stereocenters. The summed E-state index contributed by atoms with van der Waals surface area (Å²) in [6.45, 7) is 0. The molecule has 2 aliphatic carbocycles. The summed E-state index contributed by atoms with van der Waals surface area (Å²) in [5, 5.41) is 8.20. The topological polar surface area (TPSA) is 54.9 Å². The van der Waals surface area contributed by atoms with Crippen molar-refractivity contribution >= 4 is 23.5 Å². The molecule has 6 heteroatoms. The molecule has 2 bridgehead atoms. The Morgan fingerprint density at radius 1 is 1.22 bits per heavy atom. The number of hydrogen-bond donors (Lipinski definition) is 2. The molecule has 0 amide bonds. The van der Waals surface area contributed by atoms with E-state index in [9.17, 15) is 0 Å². The lowest BCUT2D eigenvalue weighted by Crippen LogP contribution is -2.42. The predicted molar refractivity (Wildman–Crippen MR) is 95.2 cm³/mol. The Morgan fingerprint density at radius 3 is 2.70 bits per heavy atom. The summed E-state index contributed by atoms with van der Waals surface area (Å²) in [7, 11) is 3.23. The standard InChI is InChI=1S/C17H23N3O2S/c1-21-15-6-4-12(9-16(15)22-2)10-18-20-17(23)19-14-8-11-3-5-13(14)7-11/h4,6,9-11,13-14H,3,5,7-8H2,1-2H3,(H2,19,20,23)/b18-10-/t11-,13+,14+/m0/s1. The van der Waals surface area contributed by atoms with Gasteiger partial charge in [0, 0.05) is 6.04 Å². The molecule has 0 aromatic heterocycles. The predicted octanol–water partition coefficient (Wildman–Crippen LogP) is 2.69. The molecule has 5 nitrogen and oxygen atoms in total. The van der Waals surface area contributed by atoms with E-state index in [0.29, 0.717) is 22.7 Å². The van der Waals surface area contributed by atoms with Crippen molar-refractivity contribution < 1.29 is 9.47 Å². The Balaban J connectivity index is 1.51. The highest BCUT2D eigenvalue weighted by atomic mass is 32.1. The molecule has 0 aliphatic heterocycles. The highest BCUT2D eigenvalue weighted by molar-refractivity contribution is 7.80. The van der Waals surface area contributed by atoms with Crippen LogP contribution in [-0.4, -0.2) is 31.6 Å². The first-order valence-electron chi connectivity index (χ1n) is 8.01. The normalized spacial score (nSPS) is 25.6. The third-order valence-corrected chi connectivity index (χ3v) is 5.05. The van der Waals surface area contributed by atoms with Gasteiger partial charge in [0.15, 0.2) is 16.6 Å². The van der Waals surface area contributed by atoms with Crippen LogP contribution in [0.2, 0.25) is 0 Å². The molecule has 0 unspecified atom stereocenters. The minimum Gasteiger partial charge on any atom is -0.493 e. The van der Waals surface area contributed by atoms with Gasteiger partial charge in [-0.15, -0.1) is 0 Å². The number of benzene rings is 1. The van der Waals surface area contributed by atoms with Crippen LogP contribution in [-0.2, 0) is 0 Å². The van der Waals surface area contributed by atoms with Gasteiger partial charge in [0.05, 0.1) is 20.4 Å². The van der Waals surface area contributed by atoms with Gasteiger partial charge in [-0.1, -0.05) is 6.42 Å². The molecular formula is C17H23N3O2S. The van der Waals surface area contributed by atoms with Crippen molar-refractivity contribution in [3.63, 3.8) is 0 Å².